The summed E-state index contributed by atoms with van der Waals surface area (Å²) in [5.41, 5.74) is 1.39. The van der Waals surface area contributed by atoms with Gasteiger partial charge in [0.1, 0.15) is 0 Å². The van der Waals surface area contributed by atoms with Gasteiger partial charge in [0, 0.05) is 24.7 Å². The number of carbonyl (C=O) groups is 2. The van der Waals surface area contributed by atoms with Gasteiger partial charge in [-0.2, -0.15) is 5.26 Å². The molecule has 0 unspecified atom stereocenters. The van der Waals surface area contributed by atoms with Gasteiger partial charge in [-0.15, -0.1) is 0 Å². The Hall–Kier alpha value is -2.85. The van der Waals surface area contributed by atoms with Crippen LogP contribution in [-0.4, -0.2) is 25.0 Å². The number of nitriles is 1. The molecule has 7 heteroatoms. The molecule has 0 atom stereocenters. The fourth-order valence-electron chi connectivity index (χ4n) is 2.87. The van der Waals surface area contributed by atoms with Gasteiger partial charge in [0.2, 0.25) is 5.91 Å². The van der Waals surface area contributed by atoms with Crippen LogP contribution in [-0.2, 0) is 4.79 Å². The van der Waals surface area contributed by atoms with Crippen molar-refractivity contribution in [3.05, 3.63) is 52.0 Å². The molecule has 2 aromatic rings. The van der Waals surface area contributed by atoms with Crippen LogP contribution >= 0.6 is 15.9 Å². The van der Waals surface area contributed by atoms with Gasteiger partial charge < -0.3 is 14.4 Å². The third-order valence-corrected chi connectivity index (χ3v) is 4.69. The molecular weight excluding hydrogens is 412 g/mol. The Morgan fingerprint density at radius 3 is 2.81 bits per heavy atom. The molecule has 0 saturated carbocycles. The number of halogens is 1. The van der Waals surface area contributed by atoms with Crippen LogP contribution in [0.15, 0.2) is 40.9 Å². The Kier molecular flexibility index (Phi) is 5.77. The van der Waals surface area contributed by atoms with E-state index in [0.29, 0.717) is 46.6 Å². The van der Waals surface area contributed by atoms with Gasteiger partial charge in [0.15, 0.2) is 11.5 Å². The predicted octanol–water partition coefficient (Wildman–Crippen LogP) is 4.07. The molecule has 0 aliphatic carbocycles. The molecule has 0 N–H and O–H groups in total. The second-order valence-corrected chi connectivity index (χ2v) is 6.77. The van der Waals surface area contributed by atoms with E-state index in [4.69, 9.17) is 14.7 Å². The van der Waals surface area contributed by atoms with Crippen molar-refractivity contribution >= 4 is 33.5 Å². The van der Waals surface area contributed by atoms with Crippen molar-refractivity contribution in [2.75, 3.05) is 18.1 Å². The van der Waals surface area contributed by atoms with Crippen LogP contribution in [0.25, 0.3) is 0 Å². The average Bonchev–Trinajstić information content (AvgIpc) is 3.10. The smallest absolute Gasteiger partial charge is 0.343 e. The number of rotatable bonds is 5. The summed E-state index contributed by atoms with van der Waals surface area (Å²) < 4.78 is 11.5. The van der Waals surface area contributed by atoms with Gasteiger partial charge in [0.25, 0.3) is 0 Å². The van der Waals surface area contributed by atoms with E-state index in [2.05, 4.69) is 15.9 Å². The predicted molar refractivity (Wildman–Crippen MR) is 103 cm³/mol. The fourth-order valence-corrected chi connectivity index (χ4v) is 3.39. The minimum absolute atomic E-state index is 0.0500. The first kappa shape index (κ1) is 18.9. The van der Waals surface area contributed by atoms with Crippen molar-refractivity contribution in [1.29, 1.82) is 5.26 Å². The number of carbonyl (C=O) groups excluding carboxylic acids is 2. The maximum atomic E-state index is 12.7. The number of amides is 1. The van der Waals surface area contributed by atoms with Crippen molar-refractivity contribution in [3.63, 3.8) is 0 Å². The highest BCUT2D eigenvalue weighted by molar-refractivity contribution is 9.10. The van der Waals surface area contributed by atoms with Gasteiger partial charge in [-0.05, 0) is 53.5 Å². The number of anilines is 1. The van der Waals surface area contributed by atoms with E-state index < -0.39 is 5.97 Å². The van der Waals surface area contributed by atoms with Crippen LogP contribution in [0.2, 0.25) is 0 Å². The van der Waals surface area contributed by atoms with Crippen LogP contribution in [0, 0.1) is 11.3 Å². The SMILES string of the molecule is CCOc1cc(C#N)cc(Br)c1OC(=O)c1cccc(N2CCCC2=O)c1. The van der Waals surface area contributed by atoms with Crippen LogP contribution < -0.4 is 14.4 Å². The van der Waals surface area contributed by atoms with Gasteiger partial charge in [0.05, 0.1) is 28.3 Å². The molecule has 0 radical (unpaired) electrons. The van der Waals surface area contributed by atoms with Crippen LogP contribution in [0.1, 0.15) is 35.7 Å². The monoisotopic (exact) mass is 428 g/mol. The van der Waals surface area contributed by atoms with Gasteiger partial charge in [-0.3, -0.25) is 4.79 Å². The zero-order valence-corrected chi connectivity index (χ0v) is 16.3. The Bertz CT molecular complexity index is 936. The third-order valence-electron chi connectivity index (χ3n) is 4.10. The molecular formula is C20H17BrN2O4. The van der Waals surface area contributed by atoms with Crippen molar-refractivity contribution in [2.24, 2.45) is 0 Å². The zero-order chi connectivity index (χ0) is 19.4. The van der Waals surface area contributed by atoms with Crippen LogP contribution in [0.3, 0.4) is 0 Å². The Morgan fingerprint density at radius 1 is 1.33 bits per heavy atom. The van der Waals surface area contributed by atoms with E-state index in [1.54, 1.807) is 42.2 Å². The van der Waals surface area contributed by atoms with Crippen molar-refractivity contribution in [2.45, 2.75) is 19.8 Å². The van der Waals surface area contributed by atoms with E-state index in [1.807, 2.05) is 6.07 Å². The summed E-state index contributed by atoms with van der Waals surface area (Å²) in [6, 6.07) is 11.9. The minimum Gasteiger partial charge on any atom is -0.490 e. The van der Waals surface area contributed by atoms with E-state index in [1.165, 1.54) is 6.07 Å². The number of ether oxygens (including phenoxy) is 2. The molecule has 1 amide bonds. The van der Waals surface area contributed by atoms with E-state index in [9.17, 15) is 9.59 Å². The number of benzene rings is 2. The number of esters is 1. The van der Waals surface area contributed by atoms with Crippen molar-refractivity contribution < 1.29 is 19.1 Å². The first-order valence-corrected chi connectivity index (χ1v) is 9.32. The first-order chi connectivity index (χ1) is 13.0. The molecule has 27 heavy (non-hydrogen) atoms. The largest absolute Gasteiger partial charge is 0.490 e. The van der Waals surface area contributed by atoms with Crippen molar-refractivity contribution in [1.82, 2.24) is 0 Å². The second kappa shape index (κ2) is 8.23. The first-order valence-electron chi connectivity index (χ1n) is 8.52. The number of hydrogen-bond acceptors (Lipinski definition) is 5. The minimum atomic E-state index is -0.574. The molecule has 1 aliphatic rings. The van der Waals surface area contributed by atoms with Crippen LogP contribution in [0.5, 0.6) is 11.5 Å². The summed E-state index contributed by atoms with van der Waals surface area (Å²) in [6.45, 7) is 2.81. The highest BCUT2D eigenvalue weighted by Crippen LogP contribution is 2.37. The maximum absolute atomic E-state index is 12.7. The summed E-state index contributed by atoms with van der Waals surface area (Å²) >= 11 is 3.32. The van der Waals surface area contributed by atoms with Crippen molar-refractivity contribution in [3.8, 4) is 17.6 Å². The van der Waals surface area contributed by atoms with Crippen LogP contribution in [0.4, 0.5) is 5.69 Å². The highest BCUT2D eigenvalue weighted by Gasteiger charge is 2.23. The molecule has 3 rings (SSSR count). The molecule has 0 bridgehead atoms. The van der Waals surface area contributed by atoms with E-state index in [-0.39, 0.29) is 11.7 Å². The lowest BCUT2D eigenvalue weighted by atomic mass is 10.2. The van der Waals surface area contributed by atoms with Gasteiger partial charge in [-0.25, -0.2) is 4.79 Å². The number of hydrogen-bond donors (Lipinski definition) is 0. The van der Waals surface area contributed by atoms with Gasteiger partial charge in [-0.1, -0.05) is 6.07 Å². The van der Waals surface area contributed by atoms with Gasteiger partial charge >= 0.3 is 5.97 Å². The molecule has 0 aromatic heterocycles. The lowest BCUT2D eigenvalue weighted by Crippen LogP contribution is -2.24. The topological polar surface area (TPSA) is 79.6 Å². The molecule has 6 nitrogen and oxygen atoms in total. The summed E-state index contributed by atoms with van der Waals surface area (Å²) in [5, 5.41) is 9.09. The standard InChI is InChI=1S/C20H17BrN2O4/c1-2-26-17-10-13(12-22)9-16(21)19(17)27-20(25)14-5-3-6-15(11-14)23-8-4-7-18(23)24/h3,5-6,9-11H,2,4,7-8H2,1H3. The molecule has 2 aromatic carbocycles. The Morgan fingerprint density at radius 2 is 2.15 bits per heavy atom. The number of nitrogens with zero attached hydrogens (tertiary/aromatic N) is 2. The molecule has 1 heterocycles. The van der Waals surface area contributed by atoms with E-state index >= 15 is 0 Å². The summed E-state index contributed by atoms with van der Waals surface area (Å²) in [6.07, 6.45) is 1.33. The molecule has 138 valence electrons. The zero-order valence-electron chi connectivity index (χ0n) is 14.7. The maximum Gasteiger partial charge on any atom is 0.343 e. The highest BCUT2D eigenvalue weighted by atomic mass is 79.9. The molecule has 1 fully saturated rings. The summed E-state index contributed by atoms with van der Waals surface area (Å²) in [4.78, 5) is 26.3. The average molecular weight is 429 g/mol. The molecule has 1 saturated heterocycles. The fraction of sp³-hybridized carbons (Fsp3) is 0.250. The third kappa shape index (κ3) is 4.12. The summed E-state index contributed by atoms with van der Waals surface area (Å²) in [5.74, 6) is -0.00463. The Balaban J connectivity index is 1.88. The molecule has 0 spiro atoms. The second-order valence-electron chi connectivity index (χ2n) is 5.92. The lowest BCUT2D eigenvalue weighted by Gasteiger charge is -2.17. The normalized spacial score (nSPS) is 13.4. The summed E-state index contributed by atoms with van der Waals surface area (Å²) in [7, 11) is 0. The quantitative estimate of drug-likeness (QED) is 0.529. The Labute approximate surface area is 165 Å². The molecule has 1 aliphatic heterocycles. The lowest BCUT2D eigenvalue weighted by molar-refractivity contribution is -0.117. The van der Waals surface area contributed by atoms with E-state index in [0.717, 1.165) is 6.42 Å².